The van der Waals surface area contributed by atoms with Crippen LogP contribution in [0.5, 0.6) is 0 Å². The smallest absolute Gasteiger partial charge is 0.256 e. The van der Waals surface area contributed by atoms with Gasteiger partial charge in [0.1, 0.15) is 0 Å². The second kappa shape index (κ2) is 7.02. The molecule has 116 valence electrons. The normalized spacial score (nSPS) is 10.4. The van der Waals surface area contributed by atoms with E-state index in [2.05, 4.69) is 28.3 Å². The number of rotatable bonds is 5. The van der Waals surface area contributed by atoms with Crippen molar-refractivity contribution in [3.05, 3.63) is 47.3 Å². The van der Waals surface area contributed by atoms with Crippen LogP contribution in [0.25, 0.3) is 0 Å². The highest BCUT2D eigenvalue weighted by Gasteiger charge is 2.13. The van der Waals surface area contributed by atoms with E-state index in [9.17, 15) is 4.79 Å². The Morgan fingerprint density at radius 1 is 1.14 bits per heavy atom. The van der Waals surface area contributed by atoms with Gasteiger partial charge in [-0.05, 0) is 39.3 Å². The number of hydrogen-bond acceptors (Lipinski definition) is 4. The molecule has 1 aromatic heterocycles. The summed E-state index contributed by atoms with van der Waals surface area (Å²) in [5.41, 5.74) is 3.82. The monoisotopic (exact) mass is 298 g/mol. The van der Waals surface area contributed by atoms with E-state index in [1.807, 2.05) is 32.9 Å². The van der Waals surface area contributed by atoms with Crippen LogP contribution >= 0.6 is 0 Å². The number of nitrogens with one attached hydrogen (secondary N) is 1. The van der Waals surface area contributed by atoms with E-state index in [-0.39, 0.29) is 5.91 Å². The predicted molar refractivity (Wildman–Crippen MR) is 88.5 cm³/mol. The van der Waals surface area contributed by atoms with Gasteiger partial charge >= 0.3 is 0 Å². The average Bonchev–Trinajstić information content (AvgIpc) is 2.52. The lowest BCUT2D eigenvalue weighted by molar-refractivity contribution is 0.0772. The number of amides is 1. The van der Waals surface area contributed by atoms with Crippen molar-refractivity contribution < 1.29 is 4.79 Å². The van der Waals surface area contributed by atoms with Crippen molar-refractivity contribution in [2.75, 3.05) is 18.4 Å². The molecule has 0 aliphatic rings. The standard InChI is InChI=1S/C17H22N4O/c1-5-21(6-2)16(22)14-10-18-17(19-11-14)20-15-8-7-12(3)9-13(15)4/h7-11H,5-6H2,1-4H3,(H,18,19,20). The zero-order valence-electron chi connectivity index (χ0n) is 13.6. The van der Waals surface area contributed by atoms with E-state index in [4.69, 9.17) is 0 Å². The van der Waals surface area contributed by atoms with Gasteiger partial charge < -0.3 is 10.2 Å². The molecule has 0 fully saturated rings. The van der Waals surface area contributed by atoms with Crippen molar-refractivity contribution in [1.82, 2.24) is 14.9 Å². The van der Waals surface area contributed by atoms with Crippen molar-refractivity contribution >= 4 is 17.5 Å². The van der Waals surface area contributed by atoms with Gasteiger partial charge in [0.05, 0.1) is 5.56 Å². The number of anilines is 2. The second-order valence-corrected chi connectivity index (χ2v) is 5.22. The molecule has 0 atom stereocenters. The first kappa shape index (κ1) is 15.9. The molecular formula is C17H22N4O. The third-order valence-corrected chi connectivity index (χ3v) is 3.58. The van der Waals surface area contributed by atoms with Crippen LogP contribution in [0.15, 0.2) is 30.6 Å². The quantitative estimate of drug-likeness (QED) is 0.920. The summed E-state index contributed by atoms with van der Waals surface area (Å²) < 4.78 is 0. The van der Waals surface area contributed by atoms with Crippen molar-refractivity contribution in [1.29, 1.82) is 0 Å². The highest BCUT2D eigenvalue weighted by atomic mass is 16.2. The summed E-state index contributed by atoms with van der Waals surface area (Å²) in [6, 6.07) is 6.14. The molecule has 0 saturated carbocycles. The number of carbonyl (C=O) groups excluding carboxylic acids is 1. The lowest BCUT2D eigenvalue weighted by atomic mass is 10.1. The molecule has 1 heterocycles. The van der Waals surface area contributed by atoms with Crippen LogP contribution in [-0.2, 0) is 0 Å². The fourth-order valence-corrected chi connectivity index (χ4v) is 2.27. The van der Waals surface area contributed by atoms with Crippen LogP contribution in [-0.4, -0.2) is 33.9 Å². The van der Waals surface area contributed by atoms with Gasteiger partial charge in [-0.15, -0.1) is 0 Å². The molecule has 0 bridgehead atoms. The first-order valence-corrected chi connectivity index (χ1v) is 7.50. The number of benzene rings is 1. The summed E-state index contributed by atoms with van der Waals surface area (Å²) in [6.07, 6.45) is 3.14. The molecule has 1 N–H and O–H groups in total. The fourth-order valence-electron chi connectivity index (χ4n) is 2.27. The van der Waals surface area contributed by atoms with Gasteiger partial charge in [-0.2, -0.15) is 0 Å². The SMILES string of the molecule is CCN(CC)C(=O)c1cnc(Nc2ccc(C)cc2C)nc1. The second-order valence-electron chi connectivity index (χ2n) is 5.22. The molecule has 1 aromatic carbocycles. The van der Waals surface area contributed by atoms with E-state index in [1.165, 1.54) is 5.56 Å². The Balaban J connectivity index is 2.13. The van der Waals surface area contributed by atoms with E-state index >= 15 is 0 Å². The molecule has 2 aromatic rings. The van der Waals surface area contributed by atoms with E-state index < -0.39 is 0 Å². The van der Waals surface area contributed by atoms with Crippen molar-refractivity contribution in [3.63, 3.8) is 0 Å². The van der Waals surface area contributed by atoms with Crippen molar-refractivity contribution in [3.8, 4) is 0 Å². The van der Waals surface area contributed by atoms with Crippen LogP contribution in [0.1, 0.15) is 35.3 Å². The molecule has 0 aliphatic carbocycles. The minimum atomic E-state index is -0.0388. The zero-order chi connectivity index (χ0) is 16.1. The Hall–Kier alpha value is -2.43. The molecule has 5 heteroatoms. The van der Waals surface area contributed by atoms with Crippen LogP contribution in [0, 0.1) is 13.8 Å². The molecule has 1 amide bonds. The molecule has 0 unspecified atom stereocenters. The maximum Gasteiger partial charge on any atom is 0.256 e. The van der Waals surface area contributed by atoms with Crippen LogP contribution < -0.4 is 5.32 Å². The number of aryl methyl sites for hydroxylation is 2. The van der Waals surface area contributed by atoms with Gasteiger partial charge in [0.15, 0.2) is 0 Å². The minimum absolute atomic E-state index is 0.0388. The number of carbonyl (C=O) groups is 1. The molecule has 0 spiro atoms. The Morgan fingerprint density at radius 3 is 2.32 bits per heavy atom. The number of nitrogens with zero attached hydrogens (tertiary/aromatic N) is 3. The molecule has 5 nitrogen and oxygen atoms in total. The zero-order valence-corrected chi connectivity index (χ0v) is 13.6. The first-order valence-electron chi connectivity index (χ1n) is 7.50. The Labute approximate surface area is 131 Å². The highest BCUT2D eigenvalue weighted by molar-refractivity contribution is 5.93. The third kappa shape index (κ3) is 3.61. The van der Waals surface area contributed by atoms with E-state index in [1.54, 1.807) is 17.3 Å². The highest BCUT2D eigenvalue weighted by Crippen LogP contribution is 2.19. The Morgan fingerprint density at radius 2 is 1.77 bits per heavy atom. The molecule has 0 saturated heterocycles. The van der Waals surface area contributed by atoms with Gasteiger partial charge in [0.2, 0.25) is 5.95 Å². The lowest BCUT2D eigenvalue weighted by Gasteiger charge is -2.18. The molecule has 22 heavy (non-hydrogen) atoms. The fraction of sp³-hybridized carbons (Fsp3) is 0.353. The van der Waals surface area contributed by atoms with Gasteiger partial charge in [0, 0.05) is 31.2 Å². The Kier molecular flexibility index (Phi) is 5.09. The van der Waals surface area contributed by atoms with Gasteiger partial charge in [-0.1, -0.05) is 17.7 Å². The lowest BCUT2D eigenvalue weighted by Crippen LogP contribution is -2.30. The van der Waals surface area contributed by atoms with Gasteiger partial charge in [-0.25, -0.2) is 9.97 Å². The number of aromatic nitrogens is 2. The topological polar surface area (TPSA) is 58.1 Å². The largest absolute Gasteiger partial charge is 0.339 e. The van der Waals surface area contributed by atoms with E-state index in [0.717, 1.165) is 11.3 Å². The third-order valence-electron chi connectivity index (χ3n) is 3.58. The summed E-state index contributed by atoms with van der Waals surface area (Å²) in [5.74, 6) is 0.450. The van der Waals surface area contributed by atoms with Crippen LogP contribution in [0.2, 0.25) is 0 Å². The van der Waals surface area contributed by atoms with Crippen molar-refractivity contribution in [2.24, 2.45) is 0 Å². The Bertz CT molecular complexity index is 648. The maximum absolute atomic E-state index is 12.2. The van der Waals surface area contributed by atoms with Crippen LogP contribution in [0.3, 0.4) is 0 Å². The summed E-state index contributed by atoms with van der Waals surface area (Å²) in [5, 5.41) is 3.18. The van der Waals surface area contributed by atoms with Gasteiger partial charge in [0.25, 0.3) is 5.91 Å². The average molecular weight is 298 g/mol. The summed E-state index contributed by atoms with van der Waals surface area (Å²) in [4.78, 5) is 22.4. The maximum atomic E-state index is 12.2. The first-order chi connectivity index (χ1) is 10.5. The molecule has 2 rings (SSSR count). The van der Waals surface area contributed by atoms with Gasteiger partial charge in [-0.3, -0.25) is 4.79 Å². The predicted octanol–water partition coefficient (Wildman–Crippen LogP) is 3.32. The molecule has 0 aliphatic heterocycles. The molecular weight excluding hydrogens is 276 g/mol. The van der Waals surface area contributed by atoms with Crippen molar-refractivity contribution in [2.45, 2.75) is 27.7 Å². The van der Waals surface area contributed by atoms with Crippen LogP contribution in [0.4, 0.5) is 11.6 Å². The van der Waals surface area contributed by atoms with E-state index in [0.29, 0.717) is 24.6 Å². The number of hydrogen-bond donors (Lipinski definition) is 1. The summed E-state index contributed by atoms with van der Waals surface area (Å²) in [7, 11) is 0. The minimum Gasteiger partial charge on any atom is -0.339 e. The summed E-state index contributed by atoms with van der Waals surface area (Å²) in [6.45, 7) is 9.36. The summed E-state index contributed by atoms with van der Waals surface area (Å²) >= 11 is 0. The molecule has 0 radical (unpaired) electrons.